The van der Waals surface area contributed by atoms with Crippen LogP contribution in [0.5, 0.6) is 0 Å². The van der Waals surface area contributed by atoms with E-state index in [2.05, 4.69) is 0 Å². The van der Waals surface area contributed by atoms with Crippen LogP contribution < -0.4 is 0 Å². The number of halogens is 1. The van der Waals surface area contributed by atoms with Gasteiger partial charge in [0.15, 0.2) is 10.7 Å². The second-order valence-electron chi connectivity index (χ2n) is 2.40. The van der Waals surface area contributed by atoms with E-state index in [4.69, 9.17) is 5.11 Å². The van der Waals surface area contributed by atoms with E-state index in [0.717, 1.165) is 6.07 Å². The van der Waals surface area contributed by atoms with Crippen LogP contribution in [0, 0.1) is 5.82 Å². The van der Waals surface area contributed by atoms with E-state index < -0.39 is 23.0 Å². The van der Waals surface area contributed by atoms with Gasteiger partial charge in [0, 0.05) is 0 Å². The van der Waals surface area contributed by atoms with Crippen LogP contribution in [-0.2, 0) is 11.2 Å². The Morgan fingerprint density at radius 2 is 2.23 bits per heavy atom. The SMILES string of the molecule is C[S+]([O-])c1ccc(C(=O)O)cc1F. The molecular formula is C8H7FO3S. The maximum atomic E-state index is 13.0. The minimum absolute atomic E-state index is 0.0185. The summed E-state index contributed by atoms with van der Waals surface area (Å²) in [6.07, 6.45) is 1.33. The number of rotatable bonds is 2. The number of benzene rings is 1. The first-order valence-electron chi connectivity index (χ1n) is 3.38. The highest BCUT2D eigenvalue weighted by atomic mass is 32.2. The molecular weight excluding hydrogens is 195 g/mol. The van der Waals surface area contributed by atoms with Gasteiger partial charge >= 0.3 is 5.97 Å². The number of hydrogen-bond acceptors (Lipinski definition) is 2. The molecule has 0 fully saturated rings. The molecule has 1 aromatic carbocycles. The molecule has 70 valence electrons. The van der Waals surface area contributed by atoms with Crippen molar-refractivity contribution in [3.8, 4) is 0 Å². The predicted octanol–water partition coefficient (Wildman–Crippen LogP) is 1.26. The van der Waals surface area contributed by atoms with Crippen molar-refractivity contribution < 1.29 is 18.8 Å². The summed E-state index contributed by atoms with van der Waals surface area (Å²) in [5.41, 5.74) is -0.147. The number of hydrogen-bond donors (Lipinski definition) is 1. The third kappa shape index (κ3) is 2.19. The van der Waals surface area contributed by atoms with Crippen LogP contribution in [0.1, 0.15) is 10.4 Å². The maximum absolute atomic E-state index is 13.0. The summed E-state index contributed by atoms with van der Waals surface area (Å²) in [6.45, 7) is 0. The summed E-state index contributed by atoms with van der Waals surface area (Å²) in [7, 11) is 0. The van der Waals surface area contributed by atoms with Crippen molar-refractivity contribution in [2.24, 2.45) is 0 Å². The van der Waals surface area contributed by atoms with Crippen molar-refractivity contribution in [3.05, 3.63) is 29.6 Å². The first-order chi connectivity index (χ1) is 6.02. The van der Waals surface area contributed by atoms with Crippen molar-refractivity contribution >= 4 is 17.1 Å². The standard InChI is InChI=1S/C8H7FO3S/c1-13(12)7-3-2-5(8(10)11)4-6(7)9/h2-4H,1H3,(H,10,11). The van der Waals surface area contributed by atoms with Crippen LogP contribution in [0.4, 0.5) is 4.39 Å². The second kappa shape index (κ2) is 3.76. The molecule has 0 aromatic heterocycles. The average Bonchev–Trinajstić information content (AvgIpc) is 2.03. The molecule has 1 unspecified atom stereocenters. The van der Waals surface area contributed by atoms with Crippen LogP contribution in [0.3, 0.4) is 0 Å². The predicted molar refractivity (Wildman–Crippen MR) is 45.7 cm³/mol. The Hall–Kier alpha value is -1.07. The highest BCUT2D eigenvalue weighted by molar-refractivity contribution is 7.90. The van der Waals surface area contributed by atoms with Gasteiger partial charge in [-0.3, -0.25) is 0 Å². The minimum atomic E-state index is -1.43. The van der Waals surface area contributed by atoms with E-state index in [1.165, 1.54) is 18.4 Å². The fraction of sp³-hybridized carbons (Fsp3) is 0.125. The Morgan fingerprint density at radius 3 is 2.62 bits per heavy atom. The molecule has 1 N–H and O–H groups in total. The van der Waals surface area contributed by atoms with Crippen LogP contribution in [0.2, 0.25) is 0 Å². The van der Waals surface area contributed by atoms with Crippen molar-refractivity contribution in [1.29, 1.82) is 0 Å². The second-order valence-corrected chi connectivity index (χ2v) is 3.75. The van der Waals surface area contributed by atoms with E-state index in [1.54, 1.807) is 0 Å². The Labute approximate surface area is 77.4 Å². The maximum Gasteiger partial charge on any atom is 0.335 e. The third-order valence-corrected chi connectivity index (χ3v) is 2.44. The van der Waals surface area contributed by atoms with Gasteiger partial charge in [-0.25, -0.2) is 9.18 Å². The molecule has 0 radical (unpaired) electrons. The van der Waals surface area contributed by atoms with E-state index in [-0.39, 0.29) is 10.5 Å². The van der Waals surface area contributed by atoms with Crippen molar-refractivity contribution in [2.75, 3.05) is 6.26 Å². The molecule has 0 heterocycles. The van der Waals surface area contributed by atoms with E-state index >= 15 is 0 Å². The highest BCUT2D eigenvalue weighted by Gasteiger charge is 2.14. The van der Waals surface area contributed by atoms with E-state index in [9.17, 15) is 13.7 Å². The summed E-state index contributed by atoms with van der Waals surface area (Å²) in [5, 5.41) is 8.50. The smallest absolute Gasteiger partial charge is 0.335 e. The molecule has 0 aliphatic heterocycles. The lowest BCUT2D eigenvalue weighted by atomic mass is 10.2. The molecule has 1 atom stereocenters. The lowest BCUT2D eigenvalue weighted by Crippen LogP contribution is -2.03. The normalized spacial score (nSPS) is 12.5. The highest BCUT2D eigenvalue weighted by Crippen LogP contribution is 2.15. The molecule has 0 aliphatic carbocycles. The third-order valence-electron chi connectivity index (χ3n) is 1.49. The topological polar surface area (TPSA) is 60.4 Å². The van der Waals surface area contributed by atoms with Gasteiger partial charge in [-0.15, -0.1) is 0 Å². The van der Waals surface area contributed by atoms with Gasteiger partial charge in [0.1, 0.15) is 6.26 Å². The Kier molecular flexibility index (Phi) is 2.90. The molecule has 0 bridgehead atoms. The molecule has 0 saturated carbocycles. The molecule has 3 nitrogen and oxygen atoms in total. The van der Waals surface area contributed by atoms with Gasteiger partial charge in [-0.2, -0.15) is 0 Å². The first-order valence-corrected chi connectivity index (χ1v) is 4.94. The summed E-state index contributed by atoms with van der Waals surface area (Å²) in [4.78, 5) is 10.4. The molecule has 0 aliphatic rings. The number of carbonyl (C=O) groups is 1. The quantitative estimate of drug-likeness (QED) is 0.734. The van der Waals surface area contributed by atoms with Crippen molar-refractivity contribution in [1.82, 2.24) is 0 Å². The van der Waals surface area contributed by atoms with Gasteiger partial charge in [-0.1, -0.05) is 0 Å². The molecule has 0 amide bonds. The van der Waals surface area contributed by atoms with E-state index in [1.807, 2.05) is 0 Å². The lowest BCUT2D eigenvalue weighted by molar-refractivity contribution is 0.0696. The zero-order valence-electron chi connectivity index (χ0n) is 6.78. The molecule has 13 heavy (non-hydrogen) atoms. The molecule has 0 spiro atoms. The van der Waals surface area contributed by atoms with Crippen LogP contribution in [0.15, 0.2) is 23.1 Å². The molecule has 1 rings (SSSR count). The molecule has 1 aromatic rings. The zero-order valence-corrected chi connectivity index (χ0v) is 7.60. The Bertz CT molecular complexity index is 338. The first kappa shape index (κ1) is 10.0. The summed E-state index contributed by atoms with van der Waals surface area (Å²) in [5.74, 6) is -1.95. The summed E-state index contributed by atoms with van der Waals surface area (Å²) in [6, 6.07) is 3.30. The van der Waals surface area contributed by atoms with Crippen LogP contribution in [-0.4, -0.2) is 21.9 Å². The molecule has 5 heteroatoms. The number of aromatic carboxylic acids is 1. The fourth-order valence-electron chi connectivity index (χ4n) is 0.867. The van der Waals surface area contributed by atoms with Crippen LogP contribution in [0.25, 0.3) is 0 Å². The summed E-state index contributed by atoms with van der Waals surface area (Å²) >= 11 is -1.43. The number of carboxylic acid groups (broad SMARTS) is 1. The van der Waals surface area contributed by atoms with Gasteiger partial charge < -0.3 is 9.66 Å². The largest absolute Gasteiger partial charge is 0.612 e. The van der Waals surface area contributed by atoms with Gasteiger partial charge in [0.05, 0.1) is 5.56 Å². The van der Waals surface area contributed by atoms with Gasteiger partial charge in [0.25, 0.3) is 0 Å². The monoisotopic (exact) mass is 202 g/mol. The Morgan fingerprint density at radius 1 is 1.62 bits per heavy atom. The van der Waals surface area contributed by atoms with E-state index in [0.29, 0.717) is 0 Å². The average molecular weight is 202 g/mol. The Balaban J connectivity index is 3.13. The van der Waals surface area contributed by atoms with Crippen molar-refractivity contribution in [3.63, 3.8) is 0 Å². The van der Waals surface area contributed by atoms with Gasteiger partial charge in [-0.05, 0) is 29.4 Å². The number of carboxylic acids is 1. The van der Waals surface area contributed by atoms with Gasteiger partial charge in [0.2, 0.25) is 0 Å². The zero-order chi connectivity index (χ0) is 10.0. The minimum Gasteiger partial charge on any atom is -0.612 e. The van der Waals surface area contributed by atoms with Crippen molar-refractivity contribution in [2.45, 2.75) is 4.90 Å². The molecule has 0 saturated heterocycles. The van der Waals surface area contributed by atoms with Crippen LogP contribution >= 0.6 is 0 Å². The summed E-state index contributed by atoms with van der Waals surface area (Å²) < 4.78 is 23.9. The lowest BCUT2D eigenvalue weighted by Gasteiger charge is -2.05. The fourth-order valence-corrected chi connectivity index (χ4v) is 1.46.